The highest BCUT2D eigenvalue weighted by molar-refractivity contribution is 6.01. The number of nitrogens with one attached hydrogen (secondary N) is 1. The van der Waals surface area contributed by atoms with E-state index in [1.54, 1.807) is 4.90 Å². The molecule has 1 fully saturated rings. The molecule has 0 unspecified atom stereocenters. The van der Waals surface area contributed by atoms with E-state index in [2.05, 4.69) is 11.4 Å². The van der Waals surface area contributed by atoms with Crippen molar-refractivity contribution in [1.29, 1.82) is 0 Å². The van der Waals surface area contributed by atoms with Gasteiger partial charge in [-0.25, -0.2) is 0 Å². The highest BCUT2D eigenvalue weighted by Gasteiger charge is 2.31. The van der Waals surface area contributed by atoms with Crippen molar-refractivity contribution in [2.75, 3.05) is 4.90 Å². The first-order chi connectivity index (χ1) is 10.7. The number of rotatable bonds is 3. The number of hydrogen-bond acceptors (Lipinski definition) is 2. The van der Waals surface area contributed by atoms with Gasteiger partial charge in [0.05, 0.1) is 0 Å². The third kappa shape index (κ3) is 3.01. The molecular weight excluding hydrogens is 276 g/mol. The lowest BCUT2D eigenvalue weighted by Crippen LogP contribution is -2.50. The van der Waals surface area contributed by atoms with E-state index in [1.807, 2.05) is 25.1 Å². The molecule has 1 aromatic carbocycles. The molecule has 0 aromatic heterocycles. The summed E-state index contributed by atoms with van der Waals surface area (Å²) in [4.78, 5) is 26.8. The number of para-hydroxylation sites is 1. The zero-order valence-corrected chi connectivity index (χ0v) is 13.2. The molecule has 1 N–H and O–H groups in total. The molecule has 1 aromatic rings. The molecule has 1 heterocycles. The summed E-state index contributed by atoms with van der Waals surface area (Å²) in [7, 11) is 0. The van der Waals surface area contributed by atoms with Crippen molar-refractivity contribution in [1.82, 2.24) is 5.32 Å². The molecule has 2 amide bonds. The molecule has 0 spiro atoms. The molecule has 2 aliphatic rings. The van der Waals surface area contributed by atoms with Gasteiger partial charge in [-0.2, -0.15) is 0 Å². The van der Waals surface area contributed by atoms with E-state index < -0.39 is 6.04 Å². The zero-order valence-electron chi connectivity index (χ0n) is 13.2. The Balaban J connectivity index is 1.81. The molecule has 22 heavy (non-hydrogen) atoms. The molecule has 0 bridgehead atoms. The lowest BCUT2D eigenvalue weighted by atomic mass is 10.1. The summed E-state index contributed by atoms with van der Waals surface area (Å²) in [6, 6.07) is 7.78. The second kappa shape index (κ2) is 6.51. The first-order valence-electron chi connectivity index (χ1n) is 8.37. The summed E-state index contributed by atoms with van der Waals surface area (Å²) in [6.07, 6.45) is 6.75. The molecule has 0 saturated heterocycles. The Morgan fingerprint density at radius 2 is 1.91 bits per heavy atom. The number of benzene rings is 1. The number of aryl methyl sites for hydroxylation is 1. The fourth-order valence-corrected chi connectivity index (χ4v) is 3.58. The van der Waals surface area contributed by atoms with Gasteiger partial charge >= 0.3 is 0 Å². The number of hydrogen-bond donors (Lipinski definition) is 1. The third-order valence-electron chi connectivity index (χ3n) is 4.82. The van der Waals surface area contributed by atoms with Gasteiger partial charge in [0, 0.05) is 18.2 Å². The van der Waals surface area contributed by atoms with Gasteiger partial charge in [-0.05, 0) is 44.2 Å². The topological polar surface area (TPSA) is 49.4 Å². The van der Waals surface area contributed by atoms with E-state index in [4.69, 9.17) is 0 Å². The Kier molecular flexibility index (Phi) is 4.46. The fourth-order valence-electron chi connectivity index (χ4n) is 3.58. The summed E-state index contributed by atoms with van der Waals surface area (Å²) in [5, 5.41) is 3.11. The monoisotopic (exact) mass is 300 g/mol. The van der Waals surface area contributed by atoms with Crippen molar-refractivity contribution in [3.05, 3.63) is 29.8 Å². The summed E-state index contributed by atoms with van der Waals surface area (Å²) < 4.78 is 0. The Morgan fingerprint density at radius 3 is 2.68 bits per heavy atom. The maximum atomic E-state index is 12.6. The Bertz CT molecular complexity index is 564. The highest BCUT2D eigenvalue weighted by atomic mass is 16.2. The van der Waals surface area contributed by atoms with Crippen LogP contribution < -0.4 is 10.2 Å². The molecular formula is C18H24N2O2. The van der Waals surface area contributed by atoms with E-state index in [9.17, 15) is 9.59 Å². The van der Waals surface area contributed by atoms with Crippen LogP contribution >= 0.6 is 0 Å². The van der Waals surface area contributed by atoms with Gasteiger partial charge < -0.3 is 5.32 Å². The van der Waals surface area contributed by atoms with Crippen molar-refractivity contribution in [2.45, 2.75) is 64.0 Å². The van der Waals surface area contributed by atoms with E-state index >= 15 is 0 Å². The van der Waals surface area contributed by atoms with E-state index in [1.165, 1.54) is 12.8 Å². The van der Waals surface area contributed by atoms with Crippen molar-refractivity contribution in [3.63, 3.8) is 0 Å². The lowest BCUT2D eigenvalue weighted by Gasteiger charge is -2.29. The number of anilines is 1. The molecule has 4 nitrogen and oxygen atoms in total. The zero-order chi connectivity index (χ0) is 15.5. The van der Waals surface area contributed by atoms with Gasteiger partial charge in [0.1, 0.15) is 6.04 Å². The van der Waals surface area contributed by atoms with E-state index in [0.29, 0.717) is 6.42 Å². The van der Waals surface area contributed by atoms with Crippen molar-refractivity contribution in [3.8, 4) is 0 Å². The number of carbonyl (C=O) groups is 2. The standard InChI is InChI=1S/C18H24N2O2/c1-13(18(22)19-15-9-3-4-10-15)20-16-11-5-2-7-14(16)8-6-12-17(20)21/h2,5,7,11,13,15H,3-4,6,8-10,12H2,1H3,(H,19,22)/t13-/m1/s1. The van der Waals surface area contributed by atoms with E-state index in [-0.39, 0.29) is 17.9 Å². The van der Waals surface area contributed by atoms with Gasteiger partial charge in [-0.1, -0.05) is 31.0 Å². The Hall–Kier alpha value is -1.84. The van der Waals surface area contributed by atoms with Gasteiger partial charge in [0.15, 0.2) is 0 Å². The molecule has 1 atom stereocenters. The Labute approximate surface area is 131 Å². The van der Waals surface area contributed by atoms with Crippen LogP contribution in [0.2, 0.25) is 0 Å². The molecule has 1 saturated carbocycles. The number of amides is 2. The van der Waals surface area contributed by atoms with Gasteiger partial charge in [0.25, 0.3) is 0 Å². The van der Waals surface area contributed by atoms with Crippen LogP contribution in [-0.4, -0.2) is 23.9 Å². The van der Waals surface area contributed by atoms with Crippen LogP contribution in [0.25, 0.3) is 0 Å². The minimum absolute atomic E-state index is 0.0306. The molecule has 1 aliphatic heterocycles. The van der Waals surface area contributed by atoms with Crippen molar-refractivity contribution in [2.24, 2.45) is 0 Å². The maximum Gasteiger partial charge on any atom is 0.243 e. The van der Waals surface area contributed by atoms with Crippen molar-refractivity contribution < 1.29 is 9.59 Å². The predicted molar refractivity (Wildman–Crippen MR) is 86.7 cm³/mol. The average Bonchev–Trinajstić information content (AvgIpc) is 2.95. The number of nitrogens with zero attached hydrogens (tertiary/aromatic N) is 1. The fraction of sp³-hybridized carbons (Fsp3) is 0.556. The van der Waals surface area contributed by atoms with E-state index in [0.717, 1.165) is 36.9 Å². The highest BCUT2D eigenvalue weighted by Crippen LogP contribution is 2.28. The third-order valence-corrected chi connectivity index (χ3v) is 4.82. The molecule has 118 valence electrons. The maximum absolute atomic E-state index is 12.6. The van der Waals surface area contributed by atoms with Gasteiger partial charge in [-0.15, -0.1) is 0 Å². The summed E-state index contributed by atoms with van der Waals surface area (Å²) >= 11 is 0. The van der Waals surface area contributed by atoms with Crippen LogP contribution in [-0.2, 0) is 16.0 Å². The molecule has 1 aliphatic carbocycles. The minimum atomic E-state index is -0.452. The van der Waals surface area contributed by atoms with Gasteiger partial charge in [-0.3, -0.25) is 14.5 Å². The predicted octanol–water partition coefficient (Wildman–Crippen LogP) is 2.80. The SMILES string of the molecule is C[C@H](C(=O)NC1CCCC1)N1C(=O)CCCc2ccccc21. The summed E-state index contributed by atoms with van der Waals surface area (Å²) in [6.45, 7) is 1.84. The molecule has 3 rings (SSSR count). The van der Waals surface area contributed by atoms with Crippen LogP contribution in [0.5, 0.6) is 0 Å². The van der Waals surface area contributed by atoms with Crippen LogP contribution in [0.1, 0.15) is 51.0 Å². The van der Waals surface area contributed by atoms with Gasteiger partial charge in [0.2, 0.25) is 11.8 Å². The largest absolute Gasteiger partial charge is 0.352 e. The summed E-state index contributed by atoms with van der Waals surface area (Å²) in [5.41, 5.74) is 2.06. The van der Waals surface area contributed by atoms with Crippen LogP contribution in [0.15, 0.2) is 24.3 Å². The Morgan fingerprint density at radius 1 is 1.18 bits per heavy atom. The molecule has 0 radical (unpaired) electrons. The average molecular weight is 300 g/mol. The first-order valence-corrected chi connectivity index (χ1v) is 8.37. The smallest absolute Gasteiger partial charge is 0.243 e. The van der Waals surface area contributed by atoms with Crippen molar-refractivity contribution >= 4 is 17.5 Å². The minimum Gasteiger partial charge on any atom is -0.352 e. The van der Waals surface area contributed by atoms with Crippen LogP contribution in [0.4, 0.5) is 5.69 Å². The quantitative estimate of drug-likeness (QED) is 0.933. The molecule has 4 heteroatoms. The lowest BCUT2D eigenvalue weighted by molar-refractivity contribution is -0.126. The second-order valence-electron chi connectivity index (χ2n) is 6.41. The first kappa shape index (κ1) is 15.1. The van der Waals surface area contributed by atoms with Crippen LogP contribution in [0.3, 0.4) is 0 Å². The summed E-state index contributed by atoms with van der Waals surface area (Å²) in [5.74, 6) is 0.0241. The second-order valence-corrected chi connectivity index (χ2v) is 6.41. The van der Waals surface area contributed by atoms with Crippen LogP contribution in [0, 0.1) is 0 Å². The normalized spacial score (nSPS) is 20.4. The number of fused-ring (bicyclic) bond motifs is 1. The number of carbonyl (C=O) groups excluding carboxylic acids is 2.